The summed E-state index contributed by atoms with van der Waals surface area (Å²) in [6.45, 7) is 3.40. The van der Waals surface area contributed by atoms with E-state index in [-0.39, 0.29) is 11.8 Å². The second-order valence-corrected chi connectivity index (χ2v) is 7.16. The second kappa shape index (κ2) is 5.61. The summed E-state index contributed by atoms with van der Waals surface area (Å²) in [5, 5.41) is 2.82. The topological polar surface area (TPSA) is 66.7 Å². The van der Waals surface area contributed by atoms with Gasteiger partial charge in [-0.05, 0) is 50.2 Å². The number of carbonyl (C=O) groups is 2. The number of rotatable bonds is 3. The number of hydrogen-bond donors (Lipinski definition) is 1. The number of piperidine rings is 1. The summed E-state index contributed by atoms with van der Waals surface area (Å²) in [5.74, 6) is -0.218. The van der Waals surface area contributed by atoms with Crippen LogP contribution < -0.4 is 5.32 Å². The van der Waals surface area contributed by atoms with E-state index >= 15 is 0 Å². The number of nitrogens with zero attached hydrogens (tertiary/aromatic N) is 3. The number of imidazole rings is 1. The molecule has 2 amide bonds. The van der Waals surface area contributed by atoms with Crippen LogP contribution in [0.1, 0.15) is 43.0 Å². The van der Waals surface area contributed by atoms with E-state index in [1.54, 1.807) is 36.1 Å². The third-order valence-corrected chi connectivity index (χ3v) is 5.48. The quantitative estimate of drug-likeness (QED) is 0.936. The molecule has 1 spiro atoms. The minimum Gasteiger partial charge on any atom is -0.341 e. The molecule has 1 unspecified atom stereocenters. The number of aromatic nitrogens is 2. The average Bonchev–Trinajstić information content (AvgIpc) is 3.18. The van der Waals surface area contributed by atoms with Crippen molar-refractivity contribution in [2.24, 2.45) is 5.41 Å². The Hall–Kier alpha value is -2.37. The number of likely N-dealkylation sites (tertiary alicyclic amines) is 1. The summed E-state index contributed by atoms with van der Waals surface area (Å²) in [6, 6.07) is 3.08. The van der Waals surface area contributed by atoms with Gasteiger partial charge in [-0.15, -0.1) is 0 Å². The van der Waals surface area contributed by atoms with E-state index in [9.17, 15) is 9.59 Å². The number of amides is 2. The van der Waals surface area contributed by atoms with Gasteiger partial charge >= 0.3 is 0 Å². The van der Waals surface area contributed by atoms with Crippen LogP contribution in [-0.2, 0) is 4.79 Å². The van der Waals surface area contributed by atoms with Crippen molar-refractivity contribution in [1.29, 1.82) is 0 Å². The van der Waals surface area contributed by atoms with Crippen LogP contribution in [0.3, 0.4) is 0 Å². The molecule has 2 aromatic rings. The SMILES string of the molecule is CC(NC(=O)c1ccc2cncn2c1)C(=O)N1CCC2(CC1)CC2. The van der Waals surface area contributed by atoms with Crippen LogP contribution in [0.4, 0.5) is 0 Å². The van der Waals surface area contributed by atoms with E-state index in [0.717, 1.165) is 31.4 Å². The molecule has 0 radical (unpaired) electrons. The molecule has 24 heavy (non-hydrogen) atoms. The maximum Gasteiger partial charge on any atom is 0.253 e. The van der Waals surface area contributed by atoms with Crippen molar-refractivity contribution in [2.45, 2.75) is 38.6 Å². The largest absolute Gasteiger partial charge is 0.341 e. The van der Waals surface area contributed by atoms with Gasteiger partial charge in [0.1, 0.15) is 6.04 Å². The molecule has 2 fully saturated rings. The fraction of sp³-hybridized carbons (Fsp3) is 0.500. The standard InChI is InChI=1S/C18H22N4O2/c1-13(17(24)21-8-6-18(4-5-18)7-9-21)20-16(23)14-2-3-15-10-19-12-22(15)11-14/h2-3,10-13H,4-9H2,1H3,(H,20,23). The molecule has 1 saturated heterocycles. The van der Waals surface area contributed by atoms with Crippen molar-refractivity contribution in [3.8, 4) is 0 Å². The van der Waals surface area contributed by atoms with Crippen molar-refractivity contribution in [3.05, 3.63) is 36.4 Å². The zero-order valence-corrected chi connectivity index (χ0v) is 13.9. The van der Waals surface area contributed by atoms with E-state index in [4.69, 9.17) is 0 Å². The zero-order chi connectivity index (χ0) is 16.7. The van der Waals surface area contributed by atoms with Crippen molar-refractivity contribution in [3.63, 3.8) is 0 Å². The number of pyridine rings is 1. The monoisotopic (exact) mass is 326 g/mol. The Morgan fingerprint density at radius 3 is 2.67 bits per heavy atom. The normalized spacial score (nSPS) is 20.1. The number of hydrogen-bond acceptors (Lipinski definition) is 3. The van der Waals surface area contributed by atoms with Gasteiger partial charge in [-0.2, -0.15) is 0 Å². The lowest BCUT2D eigenvalue weighted by Gasteiger charge is -2.33. The predicted octanol–water partition coefficient (Wildman–Crippen LogP) is 1.86. The first kappa shape index (κ1) is 15.2. The smallest absolute Gasteiger partial charge is 0.253 e. The molecule has 2 aliphatic rings. The summed E-state index contributed by atoms with van der Waals surface area (Å²) in [7, 11) is 0. The van der Waals surface area contributed by atoms with Gasteiger partial charge in [0.2, 0.25) is 5.91 Å². The van der Waals surface area contributed by atoms with Gasteiger partial charge < -0.3 is 14.6 Å². The number of nitrogens with one attached hydrogen (secondary N) is 1. The third kappa shape index (κ3) is 2.77. The minimum absolute atomic E-state index is 0.0163. The van der Waals surface area contributed by atoms with Crippen LogP contribution >= 0.6 is 0 Å². The van der Waals surface area contributed by atoms with E-state index in [1.165, 1.54) is 12.8 Å². The number of carbonyl (C=O) groups excluding carboxylic acids is 2. The van der Waals surface area contributed by atoms with E-state index < -0.39 is 6.04 Å². The predicted molar refractivity (Wildman–Crippen MR) is 89.6 cm³/mol. The lowest BCUT2D eigenvalue weighted by molar-refractivity contribution is -0.134. The molecule has 2 aromatic heterocycles. The molecule has 0 bridgehead atoms. The summed E-state index contributed by atoms with van der Waals surface area (Å²) in [5.41, 5.74) is 2.00. The van der Waals surface area contributed by atoms with Crippen LogP contribution in [-0.4, -0.2) is 45.2 Å². The highest BCUT2D eigenvalue weighted by Crippen LogP contribution is 2.53. The fourth-order valence-corrected chi connectivity index (χ4v) is 3.55. The van der Waals surface area contributed by atoms with Gasteiger partial charge in [0.25, 0.3) is 5.91 Å². The first-order chi connectivity index (χ1) is 11.6. The Morgan fingerprint density at radius 2 is 1.96 bits per heavy atom. The zero-order valence-electron chi connectivity index (χ0n) is 13.9. The summed E-state index contributed by atoms with van der Waals surface area (Å²) in [4.78, 5) is 30.9. The molecule has 3 heterocycles. The fourth-order valence-electron chi connectivity index (χ4n) is 3.55. The van der Waals surface area contributed by atoms with Crippen molar-refractivity contribution >= 4 is 17.3 Å². The van der Waals surface area contributed by atoms with Gasteiger partial charge in [0.05, 0.1) is 23.6 Å². The van der Waals surface area contributed by atoms with Gasteiger partial charge in [-0.1, -0.05) is 0 Å². The second-order valence-electron chi connectivity index (χ2n) is 7.16. The Balaban J connectivity index is 1.38. The van der Waals surface area contributed by atoms with Crippen molar-refractivity contribution < 1.29 is 9.59 Å². The van der Waals surface area contributed by atoms with Crippen LogP contribution in [0.15, 0.2) is 30.9 Å². The van der Waals surface area contributed by atoms with Crippen molar-refractivity contribution in [1.82, 2.24) is 19.6 Å². The first-order valence-corrected chi connectivity index (χ1v) is 8.58. The molecule has 0 aromatic carbocycles. The van der Waals surface area contributed by atoms with Crippen LogP contribution in [0.5, 0.6) is 0 Å². The molecular formula is C18H22N4O2. The molecule has 6 nitrogen and oxygen atoms in total. The first-order valence-electron chi connectivity index (χ1n) is 8.58. The van der Waals surface area contributed by atoms with Gasteiger partial charge in [-0.3, -0.25) is 9.59 Å². The molecule has 6 heteroatoms. The molecule has 1 saturated carbocycles. The number of fused-ring (bicyclic) bond motifs is 1. The van der Waals surface area contributed by atoms with Gasteiger partial charge in [0.15, 0.2) is 0 Å². The van der Waals surface area contributed by atoms with Crippen LogP contribution in [0, 0.1) is 5.41 Å². The maximum atomic E-state index is 12.6. The van der Waals surface area contributed by atoms with E-state index in [2.05, 4.69) is 10.3 Å². The van der Waals surface area contributed by atoms with Crippen LogP contribution in [0.25, 0.3) is 5.52 Å². The third-order valence-electron chi connectivity index (χ3n) is 5.48. The highest BCUT2D eigenvalue weighted by atomic mass is 16.2. The van der Waals surface area contributed by atoms with Gasteiger partial charge in [0, 0.05) is 19.3 Å². The molecule has 1 atom stereocenters. The van der Waals surface area contributed by atoms with E-state index in [1.807, 2.05) is 11.0 Å². The van der Waals surface area contributed by atoms with Crippen molar-refractivity contribution in [2.75, 3.05) is 13.1 Å². The summed E-state index contributed by atoms with van der Waals surface area (Å²) >= 11 is 0. The highest BCUT2D eigenvalue weighted by Gasteiger charge is 2.45. The summed E-state index contributed by atoms with van der Waals surface area (Å²) in [6.07, 6.45) is 9.97. The van der Waals surface area contributed by atoms with E-state index in [0.29, 0.717) is 11.0 Å². The maximum absolute atomic E-state index is 12.6. The van der Waals surface area contributed by atoms with Crippen LogP contribution in [0.2, 0.25) is 0 Å². The summed E-state index contributed by atoms with van der Waals surface area (Å²) < 4.78 is 1.79. The molecule has 4 rings (SSSR count). The Morgan fingerprint density at radius 1 is 1.21 bits per heavy atom. The molecule has 1 aliphatic heterocycles. The average molecular weight is 326 g/mol. The lowest BCUT2D eigenvalue weighted by Crippen LogP contribution is -2.49. The lowest BCUT2D eigenvalue weighted by atomic mass is 9.93. The molecular weight excluding hydrogens is 304 g/mol. The Bertz CT molecular complexity index is 783. The van der Waals surface area contributed by atoms with Gasteiger partial charge in [-0.25, -0.2) is 4.98 Å². The molecule has 1 aliphatic carbocycles. The molecule has 1 N–H and O–H groups in total. The minimum atomic E-state index is -0.510. The Kier molecular flexibility index (Phi) is 3.55. The highest BCUT2D eigenvalue weighted by molar-refractivity contribution is 5.97. The Labute approximate surface area is 140 Å². The molecule has 126 valence electrons.